The first-order valence-electron chi connectivity index (χ1n) is 6.87. The molecule has 1 aliphatic rings. The third-order valence-corrected chi connectivity index (χ3v) is 5.29. The summed E-state index contributed by atoms with van der Waals surface area (Å²) in [6, 6.07) is 0.620. The zero-order valence-electron chi connectivity index (χ0n) is 11.8. The maximum absolute atomic E-state index is 11.5. The van der Waals surface area contributed by atoms with Crippen LogP contribution in [0.3, 0.4) is 0 Å². The second kappa shape index (κ2) is 5.63. The van der Waals surface area contributed by atoms with Crippen molar-refractivity contribution in [2.45, 2.75) is 49.6 Å². The van der Waals surface area contributed by atoms with E-state index in [-0.39, 0.29) is 6.04 Å². The SMILES string of the molecule is CCC1CCC(NC)C(n2cc(S(C)(=O)=O)cn2)C1. The minimum atomic E-state index is -3.17. The van der Waals surface area contributed by atoms with Crippen LogP contribution in [0.25, 0.3) is 0 Å². The summed E-state index contributed by atoms with van der Waals surface area (Å²) in [6.07, 6.45) is 8.94. The molecule has 0 bridgehead atoms. The van der Waals surface area contributed by atoms with E-state index in [4.69, 9.17) is 0 Å². The van der Waals surface area contributed by atoms with Gasteiger partial charge in [-0.1, -0.05) is 13.3 Å². The van der Waals surface area contributed by atoms with Crippen LogP contribution >= 0.6 is 0 Å². The quantitative estimate of drug-likeness (QED) is 0.913. The lowest BCUT2D eigenvalue weighted by atomic mass is 9.81. The number of nitrogens with one attached hydrogen (secondary N) is 1. The van der Waals surface area contributed by atoms with Gasteiger partial charge in [-0.2, -0.15) is 5.10 Å². The van der Waals surface area contributed by atoms with Crippen molar-refractivity contribution in [2.24, 2.45) is 5.92 Å². The largest absolute Gasteiger partial charge is 0.315 e. The molecule has 1 N–H and O–H groups in total. The topological polar surface area (TPSA) is 64.0 Å². The van der Waals surface area contributed by atoms with Gasteiger partial charge < -0.3 is 5.32 Å². The molecule has 6 heteroatoms. The Kier molecular flexibility index (Phi) is 4.30. The Hall–Kier alpha value is -0.880. The zero-order chi connectivity index (χ0) is 14.0. The first kappa shape index (κ1) is 14.5. The van der Waals surface area contributed by atoms with Crippen molar-refractivity contribution in [3.05, 3.63) is 12.4 Å². The monoisotopic (exact) mass is 285 g/mol. The van der Waals surface area contributed by atoms with Crippen LogP contribution in [0.15, 0.2) is 17.3 Å². The van der Waals surface area contributed by atoms with Crippen molar-refractivity contribution in [1.82, 2.24) is 15.1 Å². The second-order valence-corrected chi connectivity index (χ2v) is 7.49. The summed E-state index contributed by atoms with van der Waals surface area (Å²) in [4.78, 5) is 0.306. The number of aromatic nitrogens is 2. The number of likely N-dealkylation sites (N-methyl/N-ethyl adjacent to an activating group) is 1. The summed E-state index contributed by atoms with van der Waals surface area (Å²) in [6.45, 7) is 2.21. The summed E-state index contributed by atoms with van der Waals surface area (Å²) >= 11 is 0. The molecule has 0 spiro atoms. The van der Waals surface area contributed by atoms with Crippen LogP contribution in [-0.2, 0) is 9.84 Å². The lowest BCUT2D eigenvalue weighted by Gasteiger charge is -2.35. The Morgan fingerprint density at radius 1 is 1.47 bits per heavy atom. The van der Waals surface area contributed by atoms with Gasteiger partial charge in [0.2, 0.25) is 0 Å². The summed E-state index contributed by atoms with van der Waals surface area (Å²) in [5.74, 6) is 0.709. The van der Waals surface area contributed by atoms with Crippen molar-refractivity contribution in [3.63, 3.8) is 0 Å². The van der Waals surface area contributed by atoms with Gasteiger partial charge in [-0.05, 0) is 32.2 Å². The summed E-state index contributed by atoms with van der Waals surface area (Å²) < 4.78 is 24.9. The van der Waals surface area contributed by atoms with E-state index in [0.29, 0.717) is 16.9 Å². The van der Waals surface area contributed by atoms with Gasteiger partial charge in [-0.15, -0.1) is 0 Å². The van der Waals surface area contributed by atoms with E-state index in [1.54, 1.807) is 6.20 Å². The predicted octanol–water partition coefficient (Wildman–Crippen LogP) is 1.63. The highest BCUT2D eigenvalue weighted by Crippen LogP contribution is 2.34. The van der Waals surface area contributed by atoms with Gasteiger partial charge in [0.25, 0.3) is 0 Å². The van der Waals surface area contributed by atoms with Crippen molar-refractivity contribution < 1.29 is 8.42 Å². The first-order chi connectivity index (χ1) is 8.95. The molecule has 0 radical (unpaired) electrons. The van der Waals surface area contributed by atoms with Crippen LogP contribution in [0.4, 0.5) is 0 Å². The first-order valence-corrected chi connectivity index (χ1v) is 8.76. The molecule has 1 aliphatic carbocycles. The van der Waals surface area contributed by atoms with Crippen molar-refractivity contribution in [1.29, 1.82) is 0 Å². The highest BCUT2D eigenvalue weighted by Gasteiger charge is 2.31. The number of sulfone groups is 1. The van der Waals surface area contributed by atoms with E-state index in [1.807, 2.05) is 11.7 Å². The van der Waals surface area contributed by atoms with Gasteiger partial charge in [-0.25, -0.2) is 8.42 Å². The van der Waals surface area contributed by atoms with Gasteiger partial charge in [0, 0.05) is 18.5 Å². The van der Waals surface area contributed by atoms with E-state index in [0.717, 1.165) is 12.8 Å². The van der Waals surface area contributed by atoms with Crippen molar-refractivity contribution >= 4 is 9.84 Å². The fraction of sp³-hybridized carbons (Fsp3) is 0.769. The smallest absolute Gasteiger partial charge is 0.178 e. The lowest BCUT2D eigenvalue weighted by Crippen LogP contribution is -2.40. The molecular formula is C13H23N3O2S. The molecule has 0 saturated heterocycles. The molecule has 19 heavy (non-hydrogen) atoms. The third-order valence-electron chi connectivity index (χ3n) is 4.22. The molecule has 3 atom stereocenters. The Morgan fingerprint density at radius 2 is 2.21 bits per heavy atom. The Morgan fingerprint density at radius 3 is 2.74 bits per heavy atom. The van der Waals surface area contributed by atoms with E-state index in [1.165, 1.54) is 25.3 Å². The number of hydrogen-bond donors (Lipinski definition) is 1. The lowest BCUT2D eigenvalue weighted by molar-refractivity contribution is 0.197. The fourth-order valence-corrected chi connectivity index (χ4v) is 3.46. The predicted molar refractivity (Wildman–Crippen MR) is 74.9 cm³/mol. The molecule has 0 aliphatic heterocycles. The van der Waals surface area contributed by atoms with E-state index in [9.17, 15) is 8.42 Å². The fourth-order valence-electron chi connectivity index (χ4n) is 2.92. The molecule has 1 heterocycles. The molecule has 108 valence electrons. The molecule has 5 nitrogen and oxygen atoms in total. The van der Waals surface area contributed by atoms with E-state index >= 15 is 0 Å². The molecule has 0 aromatic carbocycles. The molecule has 3 unspecified atom stereocenters. The minimum Gasteiger partial charge on any atom is -0.315 e. The standard InChI is InChI=1S/C13H23N3O2S/c1-4-10-5-6-12(14-2)13(7-10)16-9-11(8-15-16)19(3,17)18/h8-10,12-14H,4-7H2,1-3H3. The molecule has 1 aromatic rings. The maximum atomic E-state index is 11.5. The maximum Gasteiger partial charge on any atom is 0.178 e. The number of hydrogen-bond acceptors (Lipinski definition) is 4. The van der Waals surface area contributed by atoms with Gasteiger partial charge in [0.1, 0.15) is 4.90 Å². The van der Waals surface area contributed by atoms with Crippen LogP contribution in [-0.4, -0.2) is 37.5 Å². The Balaban J connectivity index is 2.24. The van der Waals surface area contributed by atoms with Crippen LogP contribution in [0.5, 0.6) is 0 Å². The summed E-state index contributed by atoms with van der Waals surface area (Å²) in [5.41, 5.74) is 0. The highest BCUT2D eigenvalue weighted by atomic mass is 32.2. The van der Waals surface area contributed by atoms with E-state index < -0.39 is 9.84 Å². The molecular weight excluding hydrogens is 262 g/mol. The van der Waals surface area contributed by atoms with Crippen LogP contribution in [0.2, 0.25) is 0 Å². The van der Waals surface area contributed by atoms with Gasteiger partial charge in [0.05, 0.1) is 12.2 Å². The number of nitrogens with zero attached hydrogens (tertiary/aromatic N) is 2. The van der Waals surface area contributed by atoms with Crippen LogP contribution < -0.4 is 5.32 Å². The molecule has 1 fully saturated rings. The van der Waals surface area contributed by atoms with Gasteiger partial charge in [-0.3, -0.25) is 4.68 Å². The van der Waals surface area contributed by atoms with Crippen molar-refractivity contribution in [3.8, 4) is 0 Å². The normalized spacial score (nSPS) is 28.5. The Bertz CT molecular complexity index is 524. The molecule has 1 aromatic heterocycles. The third kappa shape index (κ3) is 3.17. The summed E-state index contributed by atoms with van der Waals surface area (Å²) in [5, 5.41) is 7.61. The minimum absolute atomic E-state index is 0.249. The average molecular weight is 285 g/mol. The molecule has 1 saturated carbocycles. The van der Waals surface area contributed by atoms with Crippen molar-refractivity contribution in [2.75, 3.05) is 13.3 Å². The highest BCUT2D eigenvalue weighted by molar-refractivity contribution is 7.90. The number of rotatable bonds is 4. The van der Waals surface area contributed by atoms with Gasteiger partial charge >= 0.3 is 0 Å². The Labute approximate surface area is 115 Å². The van der Waals surface area contributed by atoms with Crippen LogP contribution in [0.1, 0.15) is 38.6 Å². The molecule has 2 rings (SSSR count). The summed E-state index contributed by atoms with van der Waals surface area (Å²) in [7, 11) is -1.20. The average Bonchev–Trinajstić information content (AvgIpc) is 2.87. The zero-order valence-corrected chi connectivity index (χ0v) is 12.7. The van der Waals surface area contributed by atoms with Crippen LogP contribution in [0, 0.1) is 5.92 Å². The van der Waals surface area contributed by atoms with Gasteiger partial charge in [0.15, 0.2) is 9.84 Å². The van der Waals surface area contributed by atoms with E-state index in [2.05, 4.69) is 17.3 Å². The molecule has 0 amide bonds. The second-order valence-electron chi connectivity index (χ2n) is 5.48.